The van der Waals surface area contributed by atoms with Gasteiger partial charge in [-0.1, -0.05) is 12.1 Å². The van der Waals surface area contributed by atoms with E-state index in [0.29, 0.717) is 11.3 Å². The predicted molar refractivity (Wildman–Crippen MR) is 107 cm³/mol. The van der Waals surface area contributed by atoms with Crippen LogP contribution in [0.2, 0.25) is 0 Å². The number of rotatable bonds is 5. The van der Waals surface area contributed by atoms with Gasteiger partial charge in [-0.2, -0.15) is 0 Å². The van der Waals surface area contributed by atoms with E-state index in [1.165, 1.54) is 18.2 Å². The van der Waals surface area contributed by atoms with E-state index < -0.39 is 42.6 Å². The Morgan fingerprint density at radius 1 is 1.00 bits per heavy atom. The van der Waals surface area contributed by atoms with Gasteiger partial charge in [0.15, 0.2) is 11.9 Å². The van der Waals surface area contributed by atoms with Gasteiger partial charge in [-0.05, 0) is 29.8 Å². The van der Waals surface area contributed by atoms with Gasteiger partial charge in [-0.3, -0.25) is 4.79 Å². The zero-order valence-corrected chi connectivity index (χ0v) is 17.0. The molecule has 4 N–H and O–H groups in total. The van der Waals surface area contributed by atoms with E-state index in [4.69, 9.17) is 24.1 Å². The molecular formula is C22H22O10. The Labute approximate surface area is 182 Å². The Kier molecular flexibility index (Phi) is 6.02. The molecule has 0 amide bonds. The minimum Gasteiger partial charge on any atom is -0.497 e. The van der Waals surface area contributed by atoms with Gasteiger partial charge in [0.1, 0.15) is 42.2 Å². The number of carboxylic acids is 1. The van der Waals surface area contributed by atoms with E-state index in [-0.39, 0.29) is 23.9 Å². The molecule has 2 aromatic carbocycles. The predicted octanol–water partition coefficient (Wildman–Crippen LogP) is 0.325. The van der Waals surface area contributed by atoms with E-state index in [2.05, 4.69) is 0 Å². The molecule has 0 aromatic heterocycles. The summed E-state index contributed by atoms with van der Waals surface area (Å²) in [6.45, 7) is 0.107. The second kappa shape index (κ2) is 8.75. The lowest BCUT2D eigenvalue weighted by atomic mass is 9.89. The molecular weight excluding hydrogens is 424 g/mol. The van der Waals surface area contributed by atoms with Crippen molar-refractivity contribution in [3.8, 4) is 17.2 Å². The highest BCUT2D eigenvalue weighted by Gasteiger charge is 2.48. The largest absolute Gasteiger partial charge is 0.497 e. The number of fused-ring (bicyclic) bond motifs is 1. The van der Waals surface area contributed by atoms with Crippen LogP contribution in [0.4, 0.5) is 0 Å². The lowest BCUT2D eigenvalue weighted by Crippen LogP contribution is -2.61. The van der Waals surface area contributed by atoms with Gasteiger partial charge in [-0.15, -0.1) is 0 Å². The van der Waals surface area contributed by atoms with Crippen LogP contribution in [0.3, 0.4) is 0 Å². The molecule has 4 rings (SSSR count). The molecule has 6 unspecified atom stereocenters. The summed E-state index contributed by atoms with van der Waals surface area (Å²) in [4.78, 5) is 24.2. The third-order valence-electron chi connectivity index (χ3n) is 5.52. The minimum atomic E-state index is -1.82. The summed E-state index contributed by atoms with van der Waals surface area (Å²) in [7, 11) is 1.56. The molecule has 170 valence electrons. The normalized spacial score (nSPS) is 29.6. The summed E-state index contributed by atoms with van der Waals surface area (Å²) in [5.41, 5.74) is 1.13. The Hall–Kier alpha value is -3.18. The zero-order valence-electron chi connectivity index (χ0n) is 17.0. The summed E-state index contributed by atoms with van der Waals surface area (Å²) in [6.07, 6.45) is -8.63. The topological polar surface area (TPSA) is 152 Å². The highest BCUT2D eigenvalue weighted by molar-refractivity contribution is 6.04. The Morgan fingerprint density at radius 3 is 2.34 bits per heavy atom. The standard InChI is InChI=1S/C22H22O10/c1-29-11-4-2-10(3-5-11)14-9-30-15-8-12(6-7-13(15)16(14)23)31-22-19(26)17(24)18(25)20(32-22)21(27)28/h2-8,14,17-20,22,24-26H,9H2,1H3,(H,27,28). The number of Topliss-reactive ketones (excluding diaryl/α,β-unsaturated/α-hetero) is 1. The Bertz CT molecular complexity index is 1000. The second-order valence-corrected chi connectivity index (χ2v) is 7.51. The molecule has 0 spiro atoms. The van der Waals surface area contributed by atoms with Gasteiger partial charge in [0.2, 0.25) is 6.29 Å². The minimum absolute atomic E-state index is 0.107. The van der Waals surface area contributed by atoms with Gasteiger partial charge in [0, 0.05) is 6.07 Å². The van der Waals surface area contributed by atoms with Crippen LogP contribution in [0.25, 0.3) is 0 Å². The Morgan fingerprint density at radius 2 is 1.69 bits per heavy atom. The number of hydrogen-bond acceptors (Lipinski definition) is 9. The number of carbonyl (C=O) groups is 2. The SMILES string of the molecule is COc1ccc(C2COc3cc(OC4OC(C(=O)O)C(O)C(O)C4O)ccc3C2=O)cc1. The molecule has 2 heterocycles. The molecule has 6 atom stereocenters. The molecule has 0 bridgehead atoms. The average molecular weight is 446 g/mol. The quantitative estimate of drug-likeness (QED) is 0.505. The number of methoxy groups -OCH3 is 1. The molecule has 0 saturated carbocycles. The molecule has 2 aliphatic rings. The molecule has 0 aliphatic carbocycles. The van der Waals surface area contributed by atoms with Crippen molar-refractivity contribution in [2.75, 3.05) is 13.7 Å². The van der Waals surface area contributed by atoms with Crippen molar-refractivity contribution in [3.63, 3.8) is 0 Å². The third kappa shape index (κ3) is 4.00. The van der Waals surface area contributed by atoms with E-state index in [0.717, 1.165) is 5.56 Å². The number of carboxylic acid groups (broad SMARTS) is 1. The first kappa shape index (κ1) is 22.0. The van der Waals surface area contributed by atoms with Crippen LogP contribution >= 0.6 is 0 Å². The zero-order chi connectivity index (χ0) is 23.0. The molecule has 10 nitrogen and oxygen atoms in total. The Balaban J connectivity index is 1.51. The second-order valence-electron chi connectivity index (χ2n) is 7.51. The summed E-state index contributed by atoms with van der Waals surface area (Å²) in [5.74, 6) is -1.08. The van der Waals surface area contributed by atoms with Crippen LogP contribution in [0.15, 0.2) is 42.5 Å². The van der Waals surface area contributed by atoms with Crippen LogP contribution < -0.4 is 14.2 Å². The molecule has 32 heavy (non-hydrogen) atoms. The maximum Gasteiger partial charge on any atom is 0.335 e. The number of benzene rings is 2. The number of ketones is 1. The lowest BCUT2D eigenvalue weighted by Gasteiger charge is -2.38. The van der Waals surface area contributed by atoms with Crippen LogP contribution in [-0.2, 0) is 9.53 Å². The number of carbonyl (C=O) groups excluding carboxylic acids is 1. The van der Waals surface area contributed by atoms with E-state index in [1.807, 2.05) is 0 Å². The van der Waals surface area contributed by atoms with Crippen molar-refractivity contribution in [3.05, 3.63) is 53.6 Å². The average Bonchev–Trinajstić information content (AvgIpc) is 2.79. The number of ether oxygens (including phenoxy) is 4. The van der Waals surface area contributed by atoms with Crippen LogP contribution in [0, 0.1) is 0 Å². The highest BCUT2D eigenvalue weighted by atomic mass is 16.7. The van der Waals surface area contributed by atoms with E-state index in [1.54, 1.807) is 31.4 Å². The monoisotopic (exact) mass is 446 g/mol. The van der Waals surface area contributed by atoms with Crippen molar-refractivity contribution in [1.82, 2.24) is 0 Å². The summed E-state index contributed by atoms with van der Waals surface area (Å²) >= 11 is 0. The fraction of sp³-hybridized carbons (Fsp3) is 0.364. The first-order valence-electron chi connectivity index (χ1n) is 9.84. The van der Waals surface area contributed by atoms with Gasteiger partial charge in [0.25, 0.3) is 0 Å². The lowest BCUT2D eigenvalue weighted by molar-refractivity contribution is -0.271. The van der Waals surface area contributed by atoms with Crippen molar-refractivity contribution in [1.29, 1.82) is 0 Å². The number of aliphatic hydroxyl groups excluding tert-OH is 3. The number of aliphatic hydroxyl groups is 3. The molecule has 0 radical (unpaired) electrons. The molecule has 10 heteroatoms. The third-order valence-corrected chi connectivity index (χ3v) is 5.52. The summed E-state index contributed by atoms with van der Waals surface area (Å²) < 4.78 is 21.5. The van der Waals surface area contributed by atoms with Gasteiger partial charge >= 0.3 is 5.97 Å². The molecule has 1 saturated heterocycles. The van der Waals surface area contributed by atoms with Crippen molar-refractivity contribution < 1.29 is 49.0 Å². The molecule has 2 aromatic rings. The number of hydrogen-bond donors (Lipinski definition) is 4. The van der Waals surface area contributed by atoms with Crippen molar-refractivity contribution in [2.45, 2.75) is 36.6 Å². The fourth-order valence-electron chi connectivity index (χ4n) is 3.70. The smallest absolute Gasteiger partial charge is 0.335 e. The van der Waals surface area contributed by atoms with Crippen LogP contribution in [0.5, 0.6) is 17.2 Å². The maximum absolute atomic E-state index is 13.0. The van der Waals surface area contributed by atoms with Crippen molar-refractivity contribution >= 4 is 11.8 Å². The molecule has 1 fully saturated rings. The van der Waals surface area contributed by atoms with E-state index in [9.17, 15) is 24.9 Å². The first-order chi connectivity index (χ1) is 15.3. The van der Waals surface area contributed by atoms with Crippen LogP contribution in [0.1, 0.15) is 21.8 Å². The van der Waals surface area contributed by atoms with Gasteiger partial charge in [0.05, 0.1) is 18.6 Å². The van der Waals surface area contributed by atoms with Gasteiger partial charge < -0.3 is 39.4 Å². The van der Waals surface area contributed by atoms with E-state index >= 15 is 0 Å². The summed E-state index contributed by atoms with van der Waals surface area (Å²) in [6, 6.07) is 11.5. The first-order valence-corrected chi connectivity index (χ1v) is 9.84. The maximum atomic E-state index is 13.0. The fourth-order valence-corrected chi connectivity index (χ4v) is 3.70. The van der Waals surface area contributed by atoms with Crippen molar-refractivity contribution in [2.24, 2.45) is 0 Å². The van der Waals surface area contributed by atoms with Crippen LogP contribution in [-0.4, -0.2) is 76.6 Å². The number of aliphatic carboxylic acids is 1. The molecule has 2 aliphatic heterocycles. The highest BCUT2D eigenvalue weighted by Crippen LogP contribution is 2.36. The van der Waals surface area contributed by atoms with Gasteiger partial charge in [-0.25, -0.2) is 4.79 Å². The summed E-state index contributed by atoms with van der Waals surface area (Å²) in [5, 5.41) is 38.9.